The van der Waals surface area contributed by atoms with Gasteiger partial charge < -0.3 is 10.8 Å². The van der Waals surface area contributed by atoms with E-state index in [1.54, 1.807) is 24.4 Å². The average Bonchev–Trinajstić information content (AvgIpc) is 3.35. The van der Waals surface area contributed by atoms with Gasteiger partial charge in [-0.05, 0) is 36.8 Å². The van der Waals surface area contributed by atoms with E-state index in [9.17, 15) is 17.9 Å². The van der Waals surface area contributed by atoms with Crippen LogP contribution in [0.2, 0.25) is 0 Å². The molecule has 0 atom stereocenters. The lowest BCUT2D eigenvalue weighted by molar-refractivity contribution is 0.282. The number of benzene rings is 1. The minimum absolute atomic E-state index is 0.0350. The summed E-state index contributed by atoms with van der Waals surface area (Å²) in [6.45, 7) is 1.65. The summed E-state index contributed by atoms with van der Waals surface area (Å²) in [4.78, 5) is 8.37. The van der Waals surface area contributed by atoms with Gasteiger partial charge in [0, 0.05) is 23.3 Å². The van der Waals surface area contributed by atoms with Crippen LogP contribution in [0.3, 0.4) is 0 Å². The number of hydrogen-bond acceptors (Lipinski definition) is 7. The number of nitrogens with two attached hydrogens (primary N) is 1. The zero-order valence-electron chi connectivity index (χ0n) is 16.8. The number of aryl methyl sites for hydroxylation is 1. The Bertz CT molecular complexity index is 1610. The summed E-state index contributed by atoms with van der Waals surface area (Å²) in [6, 6.07) is 9.19. The van der Waals surface area contributed by atoms with Crippen LogP contribution in [0.5, 0.6) is 0 Å². The molecule has 3 N–H and O–H groups in total. The normalized spacial score (nSPS) is 12.1. The van der Waals surface area contributed by atoms with Gasteiger partial charge in [-0.25, -0.2) is 31.3 Å². The second kappa shape index (κ2) is 7.11. The molecule has 4 heterocycles. The highest BCUT2D eigenvalue weighted by atomic mass is 32.2. The maximum absolute atomic E-state index is 14.1. The Hall–Kier alpha value is -3.83. The van der Waals surface area contributed by atoms with Crippen molar-refractivity contribution >= 4 is 32.4 Å². The van der Waals surface area contributed by atoms with Gasteiger partial charge >= 0.3 is 0 Å². The predicted octanol–water partition coefficient (Wildman–Crippen LogP) is 2.51. The molecular weight excluding hydrogens is 435 g/mol. The second-order valence-electron chi connectivity index (χ2n) is 7.34. The molecule has 11 heteroatoms. The number of rotatable bonds is 4. The van der Waals surface area contributed by atoms with E-state index in [2.05, 4.69) is 15.1 Å². The van der Waals surface area contributed by atoms with Crippen LogP contribution in [0, 0.1) is 12.7 Å². The molecule has 0 spiro atoms. The molecule has 0 aliphatic rings. The third-order valence-electron chi connectivity index (χ3n) is 5.13. The van der Waals surface area contributed by atoms with E-state index in [4.69, 9.17) is 5.73 Å². The number of fused-ring (bicyclic) bond motifs is 2. The maximum atomic E-state index is 14.1. The first-order valence-corrected chi connectivity index (χ1v) is 11.0. The molecule has 1 aromatic carbocycles. The smallest absolute Gasteiger partial charge is 0.269 e. The monoisotopic (exact) mass is 452 g/mol. The van der Waals surface area contributed by atoms with Crippen LogP contribution in [0.1, 0.15) is 11.1 Å². The second-order valence-corrected chi connectivity index (χ2v) is 9.15. The van der Waals surface area contributed by atoms with E-state index in [0.29, 0.717) is 11.1 Å². The van der Waals surface area contributed by atoms with Crippen LogP contribution in [0.15, 0.2) is 59.9 Å². The Kier molecular flexibility index (Phi) is 4.46. The molecule has 162 valence electrons. The third kappa shape index (κ3) is 3.10. The SMILES string of the molecule is Cc1ccc(S(=O)(=O)n2cc(-c3nc(N)c4cc(CO)cn4n3)c3cc(F)cnc32)cc1. The van der Waals surface area contributed by atoms with Crippen molar-refractivity contribution < 1.29 is 17.9 Å². The minimum Gasteiger partial charge on any atom is -0.392 e. The van der Waals surface area contributed by atoms with Gasteiger partial charge in [-0.2, -0.15) is 0 Å². The lowest BCUT2D eigenvalue weighted by atomic mass is 10.2. The van der Waals surface area contributed by atoms with Crippen LogP contribution in [0.25, 0.3) is 27.9 Å². The molecule has 5 aromatic rings. The molecule has 0 unspecified atom stereocenters. The Labute approximate surface area is 181 Å². The van der Waals surface area contributed by atoms with Crippen molar-refractivity contribution in [3.8, 4) is 11.4 Å². The fourth-order valence-corrected chi connectivity index (χ4v) is 4.84. The lowest BCUT2D eigenvalue weighted by Gasteiger charge is -2.07. The van der Waals surface area contributed by atoms with E-state index >= 15 is 0 Å². The zero-order valence-corrected chi connectivity index (χ0v) is 17.6. The van der Waals surface area contributed by atoms with Gasteiger partial charge in [-0.1, -0.05) is 17.7 Å². The summed E-state index contributed by atoms with van der Waals surface area (Å²) < 4.78 is 43.2. The number of pyridine rings is 1. The van der Waals surface area contributed by atoms with Gasteiger partial charge in [-0.3, -0.25) is 0 Å². The first-order valence-electron chi connectivity index (χ1n) is 9.53. The minimum atomic E-state index is -4.03. The van der Waals surface area contributed by atoms with E-state index in [1.807, 2.05) is 6.92 Å². The van der Waals surface area contributed by atoms with Gasteiger partial charge in [0.2, 0.25) is 0 Å². The quantitative estimate of drug-likeness (QED) is 0.429. The van der Waals surface area contributed by atoms with E-state index in [0.717, 1.165) is 15.7 Å². The highest BCUT2D eigenvalue weighted by Gasteiger charge is 2.24. The topological polar surface area (TPSA) is 128 Å². The number of aliphatic hydroxyl groups excluding tert-OH is 1. The summed E-state index contributed by atoms with van der Waals surface area (Å²) >= 11 is 0. The number of aliphatic hydroxyl groups is 1. The highest BCUT2D eigenvalue weighted by molar-refractivity contribution is 7.90. The average molecular weight is 452 g/mol. The van der Waals surface area contributed by atoms with Crippen LogP contribution < -0.4 is 5.73 Å². The third-order valence-corrected chi connectivity index (χ3v) is 6.79. The van der Waals surface area contributed by atoms with Crippen molar-refractivity contribution in [1.82, 2.24) is 23.6 Å². The molecule has 0 radical (unpaired) electrons. The largest absolute Gasteiger partial charge is 0.392 e. The predicted molar refractivity (Wildman–Crippen MR) is 116 cm³/mol. The fraction of sp³-hybridized carbons (Fsp3) is 0.0952. The number of hydrogen-bond donors (Lipinski definition) is 2. The van der Waals surface area contributed by atoms with Gasteiger partial charge in [0.25, 0.3) is 10.0 Å². The maximum Gasteiger partial charge on any atom is 0.269 e. The highest BCUT2D eigenvalue weighted by Crippen LogP contribution is 2.31. The van der Waals surface area contributed by atoms with Crippen LogP contribution in [-0.2, 0) is 16.6 Å². The van der Waals surface area contributed by atoms with Gasteiger partial charge in [0.15, 0.2) is 17.3 Å². The molecule has 0 bridgehead atoms. The van der Waals surface area contributed by atoms with Crippen molar-refractivity contribution in [3.63, 3.8) is 0 Å². The van der Waals surface area contributed by atoms with E-state index in [-0.39, 0.29) is 39.7 Å². The molecule has 9 nitrogen and oxygen atoms in total. The van der Waals surface area contributed by atoms with E-state index in [1.165, 1.54) is 28.9 Å². The van der Waals surface area contributed by atoms with Crippen molar-refractivity contribution in [1.29, 1.82) is 0 Å². The molecule has 32 heavy (non-hydrogen) atoms. The van der Waals surface area contributed by atoms with Gasteiger partial charge in [0.05, 0.1) is 17.7 Å². The molecule has 0 amide bonds. The molecule has 5 rings (SSSR count). The Morgan fingerprint density at radius 1 is 1.16 bits per heavy atom. The van der Waals surface area contributed by atoms with Crippen LogP contribution >= 0.6 is 0 Å². The van der Waals surface area contributed by atoms with E-state index < -0.39 is 15.8 Å². The number of nitrogens with zero attached hydrogens (tertiary/aromatic N) is 5. The Morgan fingerprint density at radius 3 is 2.62 bits per heavy atom. The molecular formula is C21H17FN6O3S. The van der Waals surface area contributed by atoms with Crippen LogP contribution in [-0.4, -0.2) is 37.1 Å². The van der Waals surface area contributed by atoms with Crippen LogP contribution in [0.4, 0.5) is 10.2 Å². The fourth-order valence-electron chi connectivity index (χ4n) is 3.52. The summed E-state index contributed by atoms with van der Waals surface area (Å²) in [5, 5.41) is 14.0. The lowest BCUT2D eigenvalue weighted by Crippen LogP contribution is -2.12. The summed E-state index contributed by atoms with van der Waals surface area (Å²) in [6.07, 6.45) is 3.84. The Balaban J connectivity index is 1.78. The van der Waals surface area contributed by atoms with Gasteiger partial charge in [-0.15, -0.1) is 5.10 Å². The molecule has 4 aromatic heterocycles. The molecule has 0 saturated heterocycles. The molecule has 0 aliphatic heterocycles. The Morgan fingerprint density at radius 2 is 1.91 bits per heavy atom. The summed E-state index contributed by atoms with van der Waals surface area (Å²) in [5.74, 6) is -0.423. The molecule has 0 fully saturated rings. The van der Waals surface area contributed by atoms with Crippen molar-refractivity contribution in [3.05, 3.63) is 71.9 Å². The number of anilines is 1. The summed E-state index contributed by atoms with van der Waals surface area (Å²) in [7, 11) is -4.03. The van der Waals surface area contributed by atoms with Crippen molar-refractivity contribution in [2.24, 2.45) is 0 Å². The van der Waals surface area contributed by atoms with Crippen molar-refractivity contribution in [2.75, 3.05) is 5.73 Å². The van der Waals surface area contributed by atoms with Gasteiger partial charge in [0.1, 0.15) is 11.3 Å². The standard InChI is InChI=1S/C21H17FN6O3S/c1-12-2-4-15(5-3-12)32(30,31)28-10-17(16-7-14(22)8-24-21(16)28)20-25-19(23)18-6-13(11-29)9-27(18)26-20/h2-10,29H,11H2,1H3,(H2,23,25,26). The number of halogens is 1. The number of nitrogen functional groups attached to an aromatic ring is 1. The summed E-state index contributed by atoms with van der Waals surface area (Å²) in [5.41, 5.74) is 8.33. The molecule has 0 aliphatic carbocycles. The number of aromatic nitrogens is 5. The molecule has 0 saturated carbocycles. The first-order chi connectivity index (χ1) is 15.3. The van der Waals surface area contributed by atoms with Crippen molar-refractivity contribution in [2.45, 2.75) is 18.4 Å². The zero-order chi connectivity index (χ0) is 22.6. The first kappa shape index (κ1) is 20.1.